The molecule has 0 aromatic heterocycles. The third-order valence-electron chi connectivity index (χ3n) is 2.86. The van der Waals surface area contributed by atoms with E-state index in [1.165, 1.54) is 18.2 Å². The highest BCUT2D eigenvalue weighted by molar-refractivity contribution is 7.95. The molecule has 1 N–H and O–H groups in total. The Balaban J connectivity index is 2.57. The first-order chi connectivity index (χ1) is 8.33. The van der Waals surface area contributed by atoms with E-state index in [9.17, 15) is 17.6 Å². The SMILES string of the molecule is CC(CC(=O)O)C1=CS(=O)(=O)c2cccc(F)c21. The highest BCUT2D eigenvalue weighted by atomic mass is 32.2. The van der Waals surface area contributed by atoms with Crippen molar-refractivity contribution >= 4 is 21.4 Å². The van der Waals surface area contributed by atoms with Gasteiger partial charge in [-0.05, 0) is 23.6 Å². The van der Waals surface area contributed by atoms with E-state index in [0.717, 1.165) is 5.41 Å². The van der Waals surface area contributed by atoms with Crippen LogP contribution < -0.4 is 0 Å². The number of hydrogen-bond donors (Lipinski definition) is 1. The number of rotatable bonds is 3. The molecular formula is C12H11FO4S. The number of carboxylic acids is 1. The van der Waals surface area contributed by atoms with Gasteiger partial charge < -0.3 is 5.11 Å². The molecule has 1 aliphatic heterocycles. The summed E-state index contributed by atoms with van der Waals surface area (Å²) in [5.74, 6) is -2.25. The Morgan fingerprint density at radius 3 is 2.72 bits per heavy atom. The standard InChI is InChI=1S/C12H11FO4S/c1-7(5-11(14)15)8-6-18(16,17)10-4-2-3-9(13)12(8)10/h2-4,6-7H,5H2,1H3,(H,14,15). The number of halogens is 1. The van der Waals surface area contributed by atoms with Gasteiger partial charge in [-0.25, -0.2) is 12.8 Å². The monoisotopic (exact) mass is 270 g/mol. The maximum absolute atomic E-state index is 13.7. The van der Waals surface area contributed by atoms with Gasteiger partial charge in [-0.3, -0.25) is 4.79 Å². The number of aliphatic carboxylic acids is 1. The fraction of sp³-hybridized carbons (Fsp3) is 0.250. The topological polar surface area (TPSA) is 71.4 Å². The average Bonchev–Trinajstić information content (AvgIpc) is 2.52. The summed E-state index contributed by atoms with van der Waals surface area (Å²) in [4.78, 5) is 10.6. The molecule has 0 saturated heterocycles. The maximum Gasteiger partial charge on any atom is 0.303 e. The lowest BCUT2D eigenvalue weighted by molar-refractivity contribution is -0.137. The average molecular weight is 270 g/mol. The number of carboxylic acid groups (broad SMARTS) is 1. The Kier molecular flexibility index (Phi) is 2.98. The molecule has 0 saturated carbocycles. The molecule has 96 valence electrons. The number of allylic oxidation sites excluding steroid dienone is 1. The smallest absolute Gasteiger partial charge is 0.303 e. The molecule has 0 bridgehead atoms. The van der Waals surface area contributed by atoms with Gasteiger partial charge in [0, 0.05) is 11.0 Å². The molecular weight excluding hydrogens is 259 g/mol. The van der Waals surface area contributed by atoms with Gasteiger partial charge in [0.1, 0.15) is 5.82 Å². The van der Waals surface area contributed by atoms with E-state index in [4.69, 9.17) is 5.11 Å². The molecule has 1 aromatic rings. The van der Waals surface area contributed by atoms with Crippen molar-refractivity contribution in [2.24, 2.45) is 5.92 Å². The molecule has 0 fully saturated rings. The van der Waals surface area contributed by atoms with E-state index in [0.29, 0.717) is 0 Å². The van der Waals surface area contributed by atoms with Crippen LogP contribution in [0.4, 0.5) is 4.39 Å². The van der Waals surface area contributed by atoms with E-state index < -0.39 is 27.5 Å². The summed E-state index contributed by atoms with van der Waals surface area (Å²) < 4.78 is 37.4. The first-order valence-corrected chi connectivity index (χ1v) is 6.85. The predicted molar refractivity (Wildman–Crippen MR) is 63.0 cm³/mol. The van der Waals surface area contributed by atoms with E-state index >= 15 is 0 Å². The lowest BCUT2D eigenvalue weighted by Gasteiger charge is -2.11. The Morgan fingerprint density at radius 2 is 2.11 bits per heavy atom. The molecule has 1 aromatic carbocycles. The molecule has 4 nitrogen and oxygen atoms in total. The molecule has 6 heteroatoms. The number of hydrogen-bond acceptors (Lipinski definition) is 3. The van der Waals surface area contributed by atoms with Crippen molar-refractivity contribution in [3.63, 3.8) is 0 Å². The molecule has 0 radical (unpaired) electrons. The quantitative estimate of drug-likeness (QED) is 0.912. The molecule has 1 atom stereocenters. The fourth-order valence-corrected chi connectivity index (χ4v) is 3.63. The van der Waals surface area contributed by atoms with Crippen LogP contribution in [0.25, 0.3) is 5.57 Å². The van der Waals surface area contributed by atoms with Gasteiger partial charge in [-0.2, -0.15) is 0 Å². The first-order valence-electron chi connectivity index (χ1n) is 5.30. The van der Waals surface area contributed by atoms with Crippen LogP contribution in [0.3, 0.4) is 0 Å². The minimum atomic E-state index is -3.65. The van der Waals surface area contributed by atoms with Crippen molar-refractivity contribution in [3.05, 3.63) is 35.0 Å². The van der Waals surface area contributed by atoms with Crippen molar-refractivity contribution in [3.8, 4) is 0 Å². The van der Waals surface area contributed by atoms with Gasteiger partial charge in [0.2, 0.25) is 9.84 Å². The summed E-state index contributed by atoms with van der Waals surface area (Å²) in [5.41, 5.74) is 0.233. The van der Waals surface area contributed by atoms with Crippen LogP contribution in [0.5, 0.6) is 0 Å². The number of carbonyl (C=O) groups is 1. The zero-order valence-electron chi connectivity index (χ0n) is 9.55. The van der Waals surface area contributed by atoms with E-state index in [1.54, 1.807) is 6.92 Å². The third-order valence-corrected chi connectivity index (χ3v) is 4.38. The van der Waals surface area contributed by atoms with Gasteiger partial charge in [-0.15, -0.1) is 0 Å². The summed E-state index contributed by atoms with van der Waals surface area (Å²) in [5, 5.41) is 9.69. The van der Waals surface area contributed by atoms with Gasteiger partial charge in [0.05, 0.1) is 11.3 Å². The van der Waals surface area contributed by atoms with Crippen molar-refractivity contribution < 1.29 is 22.7 Å². The van der Waals surface area contributed by atoms with E-state index in [-0.39, 0.29) is 22.5 Å². The second kappa shape index (κ2) is 4.20. The van der Waals surface area contributed by atoms with Crippen LogP contribution in [0.1, 0.15) is 18.9 Å². The summed E-state index contributed by atoms with van der Waals surface area (Å²) >= 11 is 0. The molecule has 1 heterocycles. The summed E-state index contributed by atoms with van der Waals surface area (Å²) in [6, 6.07) is 3.82. The van der Waals surface area contributed by atoms with Crippen LogP contribution in [-0.4, -0.2) is 19.5 Å². The normalized spacial score (nSPS) is 18.0. The second-order valence-electron chi connectivity index (χ2n) is 4.23. The van der Waals surface area contributed by atoms with Crippen LogP contribution in [0, 0.1) is 11.7 Å². The zero-order valence-corrected chi connectivity index (χ0v) is 10.4. The van der Waals surface area contributed by atoms with Crippen molar-refractivity contribution in [1.82, 2.24) is 0 Å². The van der Waals surface area contributed by atoms with Crippen molar-refractivity contribution in [2.75, 3.05) is 0 Å². The highest BCUT2D eigenvalue weighted by Crippen LogP contribution is 2.39. The highest BCUT2D eigenvalue weighted by Gasteiger charge is 2.32. The molecule has 18 heavy (non-hydrogen) atoms. The number of benzene rings is 1. The molecule has 1 unspecified atom stereocenters. The van der Waals surface area contributed by atoms with Gasteiger partial charge in [-0.1, -0.05) is 13.0 Å². The van der Waals surface area contributed by atoms with Crippen LogP contribution in [-0.2, 0) is 14.6 Å². The summed E-state index contributed by atoms with van der Waals surface area (Å²) in [6.45, 7) is 1.57. The maximum atomic E-state index is 13.7. The lowest BCUT2D eigenvalue weighted by Crippen LogP contribution is -2.06. The Morgan fingerprint density at radius 1 is 1.44 bits per heavy atom. The lowest BCUT2D eigenvalue weighted by atomic mass is 9.92. The van der Waals surface area contributed by atoms with Crippen LogP contribution in [0.15, 0.2) is 28.5 Å². The number of sulfone groups is 1. The fourth-order valence-electron chi connectivity index (χ4n) is 2.05. The molecule has 0 amide bonds. The molecule has 1 aliphatic rings. The summed E-state index contributed by atoms with van der Waals surface area (Å²) in [6.07, 6.45) is -0.241. The van der Waals surface area contributed by atoms with Crippen molar-refractivity contribution in [2.45, 2.75) is 18.2 Å². The number of fused-ring (bicyclic) bond motifs is 1. The second-order valence-corrected chi connectivity index (χ2v) is 6.00. The van der Waals surface area contributed by atoms with Crippen molar-refractivity contribution in [1.29, 1.82) is 0 Å². The largest absolute Gasteiger partial charge is 0.481 e. The molecule has 0 spiro atoms. The first kappa shape index (κ1) is 12.8. The predicted octanol–water partition coefficient (Wildman–Crippen LogP) is 2.06. The zero-order chi connectivity index (χ0) is 13.5. The Bertz CT molecular complexity index is 646. The van der Waals surface area contributed by atoms with Gasteiger partial charge in [0.15, 0.2) is 0 Å². The van der Waals surface area contributed by atoms with Crippen LogP contribution in [0.2, 0.25) is 0 Å². The van der Waals surface area contributed by atoms with E-state index in [2.05, 4.69) is 0 Å². The minimum absolute atomic E-state index is 0.00579. The van der Waals surface area contributed by atoms with E-state index in [1.807, 2.05) is 0 Å². The Hall–Kier alpha value is -1.69. The van der Waals surface area contributed by atoms with Gasteiger partial charge in [0.25, 0.3) is 0 Å². The third kappa shape index (κ3) is 2.03. The molecule has 2 rings (SSSR count). The van der Waals surface area contributed by atoms with Gasteiger partial charge >= 0.3 is 5.97 Å². The minimum Gasteiger partial charge on any atom is -0.481 e. The summed E-state index contributed by atoms with van der Waals surface area (Å²) in [7, 11) is -3.65. The van der Waals surface area contributed by atoms with Crippen LogP contribution >= 0.6 is 0 Å². The molecule has 0 aliphatic carbocycles. The Labute approximate surface area is 104 Å².